The Balaban J connectivity index is 2.78. The number of hydrogen-bond acceptors (Lipinski definition) is 4. The first-order valence-corrected chi connectivity index (χ1v) is 8.31. The van der Waals surface area contributed by atoms with Gasteiger partial charge in [-0.05, 0) is 30.7 Å². The molecule has 5 nitrogen and oxygen atoms in total. The Labute approximate surface area is 128 Å². The maximum Gasteiger partial charge on any atom is 0.244 e. The highest BCUT2D eigenvalue weighted by Crippen LogP contribution is 2.21. The summed E-state index contributed by atoms with van der Waals surface area (Å²) in [5, 5.41) is 8.37. The van der Waals surface area contributed by atoms with Crippen molar-refractivity contribution >= 4 is 16.7 Å². The van der Waals surface area contributed by atoms with Crippen LogP contribution in [0.3, 0.4) is 0 Å². The molecule has 0 spiro atoms. The summed E-state index contributed by atoms with van der Waals surface area (Å²) in [6, 6.07) is 7.00. The topological polar surface area (TPSA) is 75.6 Å². The van der Waals surface area contributed by atoms with Crippen molar-refractivity contribution in [3.8, 4) is 5.75 Å². The first-order valence-electron chi connectivity index (χ1n) is 7.10. The zero-order chi connectivity index (χ0) is 15.7. The van der Waals surface area contributed by atoms with Crippen LogP contribution in [0.25, 0.3) is 0 Å². The second-order valence-electron chi connectivity index (χ2n) is 4.83. The van der Waals surface area contributed by atoms with Gasteiger partial charge in [-0.2, -0.15) is 0 Å². The van der Waals surface area contributed by atoms with Crippen LogP contribution in [0.15, 0.2) is 29.2 Å². The van der Waals surface area contributed by atoms with Gasteiger partial charge in [0.25, 0.3) is 0 Å². The van der Waals surface area contributed by atoms with Crippen molar-refractivity contribution in [2.75, 3.05) is 7.11 Å². The van der Waals surface area contributed by atoms with Gasteiger partial charge in [-0.1, -0.05) is 26.2 Å². The van der Waals surface area contributed by atoms with E-state index in [1.54, 1.807) is 36.9 Å². The van der Waals surface area contributed by atoms with Gasteiger partial charge in [0.15, 0.2) is 0 Å². The summed E-state index contributed by atoms with van der Waals surface area (Å²) in [5.74, 6) is 0.199. The molecule has 0 saturated heterocycles. The SMILES string of the molecule is CCCCCC(CC(=O)NO)S(=O)c1ccc(OC)cc1. The van der Waals surface area contributed by atoms with Gasteiger partial charge >= 0.3 is 0 Å². The summed E-state index contributed by atoms with van der Waals surface area (Å²) in [6.07, 6.45) is 3.77. The van der Waals surface area contributed by atoms with Gasteiger partial charge in [0.2, 0.25) is 5.91 Å². The largest absolute Gasteiger partial charge is 0.497 e. The molecule has 6 heteroatoms. The summed E-state index contributed by atoms with van der Waals surface area (Å²) in [5.41, 5.74) is 1.62. The number of unbranched alkanes of at least 4 members (excludes halogenated alkanes) is 2. The monoisotopic (exact) mass is 313 g/mol. The van der Waals surface area contributed by atoms with Gasteiger partial charge in [-0.15, -0.1) is 0 Å². The predicted octanol–water partition coefficient (Wildman–Crippen LogP) is 2.65. The van der Waals surface area contributed by atoms with Crippen molar-refractivity contribution in [3.05, 3.63) is 24.3 Å². The van der Waals surface area contributed by atoms with Gasteiger partial charge in [-0.3, -0.25) is 14.2 Å². The third kappa shape index (κ3) is 5.85. The quantitative estimate of drug-likeness (QED) is 0.417. The lowest BCUT2D eigenvalue weighted by molar-refractivity contribution is -0.129. The molecule has 21 heavy (non-hydrogen) atoms. The molecule has 0 fully saturated rings. The van der Waals surface area contributed by atoms with Crippen molar-refractivity contribution < 1.29 is 18.9 Å². The first-order chi connectivity index (χ1) is 10.1. The summed E-state index contributed by atoms with van der Waals surface area (Å²) < 4.78 is 17.7. The van der Waals surface area contributed by atoms with Crippen molar-refractivity contribution in [3.63, 3.8) is 0 Å². The maximum atomic E-state index is 12.6. The zero-order valence-electron chi connectivity index (χ0n) is 12.5. The Morgan fingerprint density at radius 3 is 2.52 bits per heavy atom. The van der Waals surface area contributed by atoms with Crippen LogP contribution in [-0.4, -0.2) is 27.7 Å². The molecule has 0 bridgehead atoms. The third-order valence-electron chi connectivity index (χ3n) is 3.26. The third-order valence-corrected chi connectivity index (χ3v) is 5.01. The van der Waals surface area contributed by atoms with Crippen molar-refractivity contribution in [1.82, 2.24) is 5.48 Å². The lowest BCUT2D eigenvalue weighted by atomic mass is 10.1. The van der Waals surface area contributed by atoms with Crippen LogP contribution in [0.5, 0.6) is 5.75 Å². The molecule has 0 aromatic heterocycles. The number of carbonyl (C=O) groups is 1. The minimum Gasteiger partial charge on any atom is -0.497 e. The number of hydrogen-bond donors (Lipinski definition) is 2. The number of methoxy groups -OCH3 is 1. The van der Waals surface area contributed by atoms with E-state index < -0.39 is 16.7 Å². The molecule has 0 radical (unpaired) electrons. The number of nitrogens with one attached hydrogen (secondary N) is 1. The molecule has 1 rings (SSSR count). The van der Waals surface area contributed by atoms with Crippen LogP contribution in [-0.2, 0) is 15.6 Å². The summed E-state index contributed by atoms with van der Waals surface area (Å²) in [4.78, 5) is 12.0. The molecule has 1 aromatic carbocycles. The molecule has 0 heterocycles. The number of ether oxygens (including phenoxy) is 1. The second kappa shape index (κ2) is 9.52. The normalized spacial score (nSPS) is 13.5. The smallest absolute Gasteiger partial charge is 0.244 e. The van der Waals surface area contributed by atoms with Gasteiger partial charge in [-0.25, -0.2) is 5.48 Å². The molecule has 2 N–H and O–H groups in total. The molecule has 118 valence electrons. The minimum absolute atomic E-state index is 0.0544. The van der Waals surface area contributed by atoms with Crippen LogP contribution >= 0.6 is 0 Å². The van der Waals surface area contributed by atoms with Crippen molar-refractivity contribution in [2.24, 2.45) is 0 Å². The highest BCUT2D eigenvalue weighted by molar-refractivity contribution is 7.85. The summed E-state index contributed by atoms with van der Waals surface area (Å²) >= 11 is 0. The average molecular weight is 313 g/mol. The molecular formula is C15H23NO4S. The van der Waals surface area contributed by atoms with Gasteiger partial charge < -0.3 is 4.74 Å². The number of carbonyl (C=O) groups excluding carboxylic acids is 1. The van der Waals surface area contributed by atoms with Crippen LogP contribution in [0.2, 0.25) is 0 Å². The summed E-state index contributed by atoms with van der Waals surface area (Å²) in [6.45, 7) is 2.09. The fourth-order valence-corrected chi connectivity index (χ4v) is 3.53. The first kappa shape index (κ1) is 17.7. The van der Waals surface area contributed by atoms with E-state index in [9.17, 15) is 9.00 Å². The molecule has 0 saturated carbocycles. The molecule has 2 atom stereocenters. The Morgan fingerprint density at radius 2 is 2.00 bits per heavy atom. The number of amides is 1. The van der Waals surface area contributed by atoms with Crippen LogP contribution < -0.4 is 10.2 Å². The summed E-state index contributed by atoms with van der Waals surface area (Å²) in [7, 11) is 0.290. The molecule has 1 amide bonds. The Kier molecular flexibility index (Phi) is 8.00. The Bertz CT molecular complexity index is 461. The number of rotatable bonds is 9. The van der Waals surface area contributed by atoms with E-state index in [1.807, 2.05) is 0 Å². The average Bonchev–Trinajstić information content (AvgIpc) is 2.53. The minimum atomic E-state index is -1.28. The number of hydroxylamine groups is 1. The standard InChI is InChI=1S/C15H23NO4S/c1-3-4-5-6-14(11-15(17)16-18)21(19)13-9-7-12(20-2)8-10-13/h7-10,14,18H,3-6,11H2,1-2H3,(H,16,17). The van der Waals surface area contributed by atoms with E-state index in [4.69, 9.17) is 9.94 Å². The van der Waals surface area contributed by atoms with E-state index in [0.29, 0.717) is 17.1 Å². The number of benzene rings is 1. The molecule has 1 aromatic rings. The zero-order valence-corrected chi connectivity index (χ0v) is 13.3. The Morgan fingerprint density at radius 1 is 1.33 bits per heavy atom. The molecule has 0 aliphatic rings. The van der Waals surface area contributed by atoms with Gasteiger partial charge in [0, 0.05) is 16.6 Å². The molecule has 0 aliphatic carbocycles. The highest BCUT2D eigenvalue weighted by atomic mass is 32.2. The van der Waals surface area contributed by atoms with E-state index in [0.717, 1.165) is 19.3 Å². The molecular weight excluding hydrogens is 290 g/mol. The fraction of sp³-hybridized carbons (Fsp3) is 0.533. The molecule has 2 unspecified atom stereocenters. The van der Waals surface area contributed by atoms with Crippen LogP contribution in [0, 0.1) is 0 Å². The van der Waals surface area contributed by atoms with Gasteiger partial charge in [0.1, 0.15) is 5.75 Å². The maximum absolute atomic E-state index is 12.6. The van der Waals surface area contributed by atoms with Gasteiger partial charge in [0.05, 0.1) is 17.9 Å². The predicted molar refractivity (Wildman–Crippen MR) is 81.9 cm³/mol. The van der Waals surface area contributed by atoms with E-state index in [-0.39, 0.29) is 11.7 Å². The van der Waals surface area contributed by atoms with Crippen molar-refractivity contribution in [1.29, 1.82) is 0 Å². The van der Waals surface area contributed by atoms with E-state index in [1.165, 1.54) is 0 Å². The van der Waals surface area contributed by atoms with E-state index in [2.05, 4.69) is 6.92 Å². The molecule has 0 aliphatic heterocycles. The lowest BCUT2D eigenvalue weighted by Crippen LogP contribution is -2.27. The Hall–Kier alpha value is -1.40. The van der Waals surface area contributed by atoms with Crippen molar-refractivity contribution in [2.45, 2.75) is 49.2 Å². The fourth-order valence-electron chi connectivity index (χ4n) is 2.06. The van der Waals surface area contributed by atoms with E-state index >= 15 is 0 Å². The highest BCUT2D eigenvalue weighted by Gasteiger charge is 2.21. The van der Waals surface area contributed by atoms with Crippen LogP contribution in [0.1, 0.15) is 39.0 Å². The second-order valence-corrected chi connectivity index (χ2v) is 6.56. The lowest BCUT2D eigenvalue weighted by Gasteiger charge is -2.15. The van der Waals surface area contributed by atoms with Crippen LogP contribution in [0.4, 0.5) is 0 Å².